The van der Waals surface area contributed by atoms with Crippen LogP contribution in [-0.4, -0.2) is 59.5 Å². The summed E-state index contributed by atoms with van der Waals surface area (Å²) in [5.74, 6) is 1.10. The van der Waals surface area contributed by atoms with Crippen molar-refractivity contribution in [2.45, 2.75) is 48.4 Å². The maximum atomic E-state index is 13.9. The van der Waals surface area contributed by atoms with Crippen molar-refractivity contribution >= 4 is 33.1 Å². The highest BCUT2D eigenvalue weighted by molar-refractivity contribution is 7.92. The first kappa shape index (κ1) is 27.9. The average molecular weight is 588 g/mol. The number of carbonyl (C=O) groups is 1. The van der Waals surface area contributed by atoms with Crippen molar-refractivity contribution in [3.63, 3.8) is 0 Å². The molecule has 0 bridgehead atoms. The Morgan fingerprint density at radius 3 is 2.24 bits per heavy atom. The lowest BCUT2D eigenvalue weighted by molar-refractivity contribution is 0.0752. The van der Waals surface area contributed by atoms with Gasteiger partial charge in [0.05, 0.1) is 47.8 Å². The zero-order chi connectivity index (χ0) is 29.5. The van der Waals surface area contributed by atoms with Gasteiger partial charge < -0.3 is 20.3 Å². The Hall–Kier alpha value is -4.29. The van der Waals surface area contributed by atoms with Gasteiger partial charge >= 0.3 is 6.03 Å². The predicted octanol–water partition coefficient (Wildman–Crippen LogP) is 4.60. The number of nitrogens with one attached hydrogen (secondary N) is 2. The summed E-state index contributed by atoms with van der Waals surface area (Å²) in [6.45, 7) is 5.24. The monoisotopic (exact) mass is 587 g/mol. The van der Waals surface area contributed by atoms with Crippen LogP contribution in [0.4, 0.5) is 22.0 Å². The van der Waals surface area contributed by atoms with Crippen LogP contribution in [0, 0.1) is 0 Å². The van der Waals surface area contributed by atoms with E-state index in [1.165, 1.54) is 0 Å². The summed E-state index contributed by atoms with van der Waals surface area (Å²) in [5, 5.41) is 9.59. The van der Waals surface area contributed by atoms with Crippen LogP contribution in [-0.2, 0) is 26.4 Å². The predicted molar refractivity (Wildman–Crippen MR) is 160 cm³/mol. The minimum Gasteiger partial charge on any atom is -0.377 e. The second kappa shape index (κ2) is 10.8. The number of carbonyl (C=O) groups excluding carboxylic acids is 1. The molecule has 1 saturated carbocycles. The average Bonchev–Trinajstić information content (AvgIpc) is 3.71. The van der Waals surface area contributed by atoms with Crippen LogP contribution in [0.5, 0.6) is 0 Å². The number of ether oxygens (including phenoxy) is 1. The number of anilines is 3. The van der Waals surface area contributed by atoms with E-state index in [0.717, 1.165) is 0 Å². The van der Waals surface area contributed by atoms with E-state index < -0.39 is 20.6 Å². The highest BCUT2D eigenvalue weighted by Crippen LogP contribution is 2.55. The second-order valence-electron chi connectivity index (χ2n) is 10.9. The fourth-order valence-corrected chi connectivity index (χ4v) is 7.45. The molecule has 6 rings (SSSR count). The lowest BCUT2D eigenvalue weighted by atomic mass is 10.1. The van der Waals surface area contributed by atoms with E-state index in [1.807, 2.05) is 24.3 Å². The maximum absolute atomic E-state index is 13.9. The zero-order valence-electron chi connectivity index (χ0n) is 23.7. The summed E-state index contributed by atoms with van der Waals surface area (Å²) in [6, 6.07) is 17.3. The fourth-order valence-electron chi connectivity index (χ4n) is 5.47. The number of nitrogens with zero attached hydrogens (tertiary/aromatic N) is 5. The lowest BCUT2D eigenvalue weighted by Crippen LogP contribution is -2.50. The second-order valence-corrected chi connectivity index (χ2v) is 13.2. The van der Waals surface area contributed by atoms with E-state index in [1.54, 1.807) is 60.5 Å². The number of aryl methyl sites for hydroxylation is 1. The van der Waals surface area contributed by atoms with E-state index in [-0.39, 0.29) is 17.0 Å². The fraction of sp³-hybridized carbons (Fsp3) is 0.333. The molecule has 2 amide bonds. The Morgan fingerprint density at radius 1 is 0.952 bits per heavy atom. The summed E-state index contributed by atoms with van der Waals surface area (Å²) in [7, 11) is -1.92. The number of aromatic nitrogens is 4. The van der Waals surface area contributed by atoms with Crippen LogP contribution < -0.4 is 15.5 Å². The summed E-state index contributed by atoms with van der Waals surface area (Å²) in [4.78, 5) is 24.7. The number of rotatable bonds is 7. The van der Waals surface area contributed by atoms with Gasteiger partial charge in [-0.3, -0.25) is 4.68 Å². The van der Waals surface area contributed by atoms with Crippen molar-refractivity contribution in [3.05, 3.63) is 78.8 Å². The summed E-state index contributed by atoms with van der Waals surface area (Å²) < 4.78 is 34.1. The lowest BCUT2D eigenvalue weighted by Gasteiger charge is -2.40. The standard InChI is InChI=1S/C30H33N7O4S/c1-20-18-41-19-21(2)37(20)27-15-26(30(13-14-30)42(39,40)25-7-5-4-6-8-25)34-28(35-27)22-9-11-23(12-10-22)32-29(38)33-24-16-31-36(3)17-24/h4-12,15-17,20-21H,13-14,18-19H2,1-3H3,(H2,32,33,38)/t20-,21-/m0/s1. The van der Waals surface area contributed by atoms with Crippen LogP contribution in [0.15, 0.2) is 78.0 Å². The van der Waals surface area contributed by atoms with Gasteiger partial charge in [0.15, 0.2) is 15.7 Å². The molecule has 2 aliphatic rings. The minimum atomic E-state index is -3.69. The molecule has 2 aromatic heterocycles. The summed E-state index contributed by atoms with van der Waals surface area (Å²) in [5.41, 5.74) is 2.36. The molecule has 3 heterocycles. The molecule has 1 aliphatic carbocycles. The van der Waals surface area contributed by atoms with Gasteiger partial charge in [-0.1, -0.05) is 18.2 Å². The van der Waals surface area contributed by atoms with Gasteiger partial charge in [0, 0.05) is 30.6 Å². The van der Waals surface area contributed by atoms with E-state index >= 15 is 0 Å². The molecular formula is C30H33N7O4S. The normalized spacial score (nSPS) is 19.7. The van der Waals surface area contributed by atoms with Crippen LogP contribution in [0.1, 0.15) is 32.4 Å². The van der Waals surface area contributed by atoms with Crippen LogP contribution in [0.2, 0.25) is 0 Å². The largest absolute Gasteiger partial charge is 0.377 e. The molecule has 2 aromatic carbocycles. The molecule has 0 radical (unpaired) electrons. The number of benzene rings is 2. The number of urea groups is 1. The first-order valence-electron chi connectivity index (χ1n) is 13.9. The molecule has 4 aromatic rings. The van der Waals surface area contributed by atoms with Crippen molar-refractivity contribution in [1.82, 2.24) is 19.7 Å². The molecule has 2 atom stereocenters. The van der Waals surface area contributed by atoms with Crippen molar-refractivity contribution < 1.29 is 17.9 Å². The third-order valence-electron chi connectivity index (χ3n) is 7.75. The molecule has 42 heavy (non-hydrogen) atoms. The molecule has 218 valence electrons. The minimum absolute atomic E-state index is 0.0511. The zero-order valence-corrected chi connectivity index (χ0v) is 24.5. The number of amides is 2. The highest BCUT2D eigenvalue weighted by Gasteiger charge is 2.58. The number of morpholine rings is 1. The molecule has 12 heteroatoms. The molecule has 2 fully saturated rings. The van der Waals surface area contributed by atoms with E-state index in [2.05, 4.69) is 34.5 Å². The molecule has 1 aliphatic heterocycles. The van der Waals surface area contributed by atoms with Gasteiger partial charge in [-0.05, 0) is 63.1 Å². The number of hydrogen-bond donors (Lipinski definition) is 2. The van der Waals surface area contributed by atoms with Crippen LogP contribution in [0.25, 0.3) is 11.4 Å². The molecule has 0 spiro atoms. The van der Waals surface area contributed by atoms with Crippen molar-refractivity contribution in [3.8, 4) is 11.4 Å². The summed E-state index contributed by atoms with van der Waals surface area (Å²) >= 11 is 0. The maximum Gasteiger partial charge on any atom is 0.323 e. The number of hydrogen-bond acceptors (Lipinski definition) is 8. The molecular weight excluding hydrogens is 554 g/mol. The van der Waals surface area contributed by atoms with Gasteiger partial charge in [-0.25, -0.2) is 23.2 Å². The Morgan fingerprint density at radius 2 is 1.62 bits per heavy atom. The third kappa shape index (κ3) is 5.23. The number of sulfone groups is 1. The van der Waals surface area contributed by atoms with E-state index in [0.29, 0.717) is 60.3 Å². The van der Waals surface area contributed by atoms with Gasteiger partial charge in [0.25, 0.3) is 0 Å². The van der Waals surface area contributed by atoms with E-state index in [4.69, 9.17) is 14.7 Å². The van der Waals surface area contributed by atoms with Gasteiger partial charge in [0.2, 0.25) is 0 Å². The smallest absolute Gasteiger partial charge is 0.323 e. The third-order valence-corrected chi connectivity index (χ3v) is 10.3. The highest BCUT2D eigenvalue weighted by atomic mass is 32.2. The Labute approximate surface area is 244 Å². The van der Waals surface area contributed by atoms with E-state index in [9.17, 15) is 13.2 Å². The van der Waals surface area contributed by atoms with Crippen molar-refractivity contribution in [2.24, 2.45) is 7.05 Å². The quantitative estimate of drug-likeness (QED) is 0.321. The van der Waals surface area contributed by atoms with Crippen molar-refractivity contribution in [2.75, 3.05) is 28.7 Å². The Bertz CT molecular complexity index is 1690. The van der Waals surface area contributed by atoms with Crippen molar-refractivity contribution in [1.29, 1.82) is 0 Å². The molecule has 2 N–H and O–H groups in total. The first-order chi connectivity index (χ1) is 20.2. The van der Waals surface area contributed by atoms with Gasteiger partial charge in [-0.15, -0.1) is 0 Å². The van der Waals surface area contributed by atoms with Gasteiger partial charge in [-0.2, -0.15) is 5.10 Å². The molecule has 11 nitrogen and oxygen atoms in total. The molecule has 0 unspecified atom stereocenters. The van der Waals surface area contributed by atoms with Gasteiger partial charge in [0.1, 0.15) is 10.6 Å². The Kier molecular flexibility index (Phi) is 7.19. The Balaban J connectivity index is 1.35. The first-order valence-corrected chi connectivity index (χ1v) is 15.4. The SMILES string of the molecule is C[C@H]1COC[C@H](C)N1c1cc(C2(S(=O)(=O)c3ccccc3)CC2)nc(-c2ccc(NC(=O)Nc3cnn(C)c3)cc2)n1. The topological polar surface area (TPSA) is 131 Å². The van der Waals surface area contributed by atoms with Crippen LogP contribution in [0.3, 0.4) is 0 Å². The summed E-state index contributed by atoms with van der Waals surface area (Å²) in [6.07, 6.45) is 4.24. The molecule has 1 saturated heterocycles. The van der Waals surface area contributed by atoms with Crippen LogP contribution >= 0.6 is 0 Å².